The molecule has 1 amide bonds. The van der Waals surface area contributed by atoms with Gasteiger partial charge in [-0.15, -0.1) is 5.10 Å². The van der Waals surface area contributed by atoms with Crippen LogP contribution >= 0.6 is 0 Å². The normalized spacial score (nSPS) is 17.2. The molecule has 0 radical (unpaired) electrons. The van der Waals surface area contributed by atoms with Crippen molar-refractivity contribution in [2.75, 3.05) is 13.1 Å². The second-order valence-electron chi connectivity index (χ2n) is 7.79. The molecular formula is C22H26N6O. The minimum atomic E-state index is -0.119. The summed E-state index contributed by atoms with van der Waals surface area (Å²) in [5, 5.41) is 14.1. The lowest BCUT2D eigenvalue weighted by Crippen LogP contribution is -2.33. The average Bonchev–Trinajstić information content (AvgIpc) is 3.28. The van der Waals surface area contributed by atoms with E-state index in [4.69, 9.17) is 0 Å². The van der Waals surface area contributed by atoms with Gasteiger partial charge in [0.15, 0.2) is 0 Å². The number of carbonyl (C=O) groups excluding carboxylic acids is 1. The van der Waals surface area contributed by atoms with E-state index in [1.807, 2.05) is 12.1 Å². The van der Waals surface area contributed by atoms with Crippen LogP contribution < -0.4 is 5.32 Å². The molecule has 1 atom stereocenters. The van der Waals surface area contributed by atoms with E-state index in [1.165, 1.54) is 42.5 Å². The Labute approximate surface area is 170 Å². The summed E-state index contributed by atoms with van der Waals surface area (Å²) in [5.74, 6) is 0.670. The maximum Gasteiger partial charge on any atom is 0.251 e. The minimum Gasteiger partial charge on any atom is -0.348 e. The third-order valence-electron chi connectivity index (χ3n) is 5.35. The molecule has 29 heavy (non-hydrogen) atoms. The van der Waals surface area contributed by atoms with Crippen molar-refractivity contribution >= 4 is 5.91 Å². The Balaban J connectivity index is 1.32. The maximum atomic E-state index is 12.5. The molecule has 1 aromatic heterocycles. The summed E-state index contributed by atoms with van der Waals surface area (Å²) >= 11 is 0. The van der Waals surface area contributed by atoms with Crippen LogP contribution in [0.1, 0.15) is 41.3 Å². The summed E-state index contributed by atoms with van der Waals surface area (Å²) in [6, 6.07) is 15.8. The molecule has 150 valence electrons. The Hall–Kier alpha value is -3.06. The SMILES string of the molecule is CC1CCCN(Cc2ccc(CNC(=O)c3cccc(-n4cnnn4)c3)cc2)C1. The zero-order valence-corrected chi connectivity index (χ0v) is 16.7. The summed E-state index contributed by atoms with van der Waals surface area (Å²) in [6.45, 7) is 6.19. The van der Waals surface area contributed by atoms with Crippen LogP contribution in [0.3, 0.4) is 0 Å². The predicted molar refractivity (Wildman–Crippen MR) is 110 cm³/mol. The highest BCUT2D eigenvalue weighted by Gasteiger charge is 2.16. The number of piperidine rings is 1. The number of rotatable bonds is 6. The van der Waals surface area contributed by atoms with Crippen LogP contribution in [0.2, 0.25) is 0 Å². The van der Waals surface area contributed by atoms with E-state index >= 15 is 0 Å². The zero-order chi connectivity index (χ0) is 20.1. The van der Waals surface area contributed by atoms with Crippen LogP contribution in [0, 0.1) is 5.92 Å². The molecular weight excluding hydrogens is 364 g/mol. The highest BCUT2D eigenvalue weighted by Crippen LogP contribution is 2.18. The quantitative estimate of drug-likeness (QED) is 0.700. The molecule has 1 aliphatic rings. The molecule has 1 N–H and O–H groups in total. The minimum absolute atomic E-state index is 0.119. The van der Waals surface area contributed by atoms with E-state index in [-0.39, 0.29) is 5.91 Å². The van der Waals surface area contributed by atoms with E-state index in [0.29, 0.717) is 12.1 Å². The number of likely N-dealkylation sites (tertiary alicyclic amines) is 1. The summed E-state index contributed by atoms with van der Waals surface area (Å²) in [5.41, 5.74) is 3.74. The molecule has 7 nitrogen and oxygen atoms in total. The van der Waals surface area contributed by atoms with Gasteiger partial charge in [-0.1, -0.05) is 37.3 Å². The van der Waals surface area contributed by atoms with Crippen molar-refractivity contribution in [1.82, 2.24) is 30.4 Å². The van der Waals surface area contributed by atoms with Crippen molar-refractivity contribution in [2.45, 2.75) is 32.9 Å². The summed E-state index contributed by atoms with van der Waals surface area (Å²) < 4.78 is 1.53. The Morgan fingerprint density at radius 2 is 2.00 bits per heavy atom. The third kappa shape index (κ3) is 5.06. The van der Waals surface area contributed by atoms with Gasteiger partial charge in [0, 0.05) is 25.2 Å². The molecule has 0 spiro atoms. The Morgan fingerprint density at radius 3 is 2.76 bits per heavy atom. The standard InChI is InChI=1S/C22H26N6O/c1-17-4-3-11-27(14-17)15-19-9-7-18(8-10-19)13-23-22(29)20-5-2-6-21(12-20)28-16-24-25-26-28/h2,5-10,12,16-17H,3-4,11,13-15H2,1H3,(H,23,29). The fourth-order valence-electron chi connectivity index (χ4n) is 3.80. The second kappa shape index (κ2) is 8.96. The van der Waals surface area contributed by atoms with Gasteiger partial charge in [-0.3, -0.25) is 9.69 Å². The van der Waals surface area contributed by atoms with Crippen LogP contribution in [-0.2, 0) is 13.1 Å². The van der Waals surface area contributed by atoms with E-state index in [9.17, 15) is 4.79 Å². The number of benzene rings is 2. The zero-order valence-electron chi connectivity index (χ0n) is 16.7. The first kappa shape index (κ1) is 19.3. The number of aromatic nitrogens is 4. The predicted octanol–water partition coefficient (Wildman–Crippen LogP) is 2.82. The fraction of sp³-hybridized carbons (Fsp3) is 0.364. The first-order valence-electron chi connectivity index (χ1n) is 10.1. The van der Waals surface area contributed by atoms with Gasteiger partial charge >= 0.3 is 0 Å². The van der Waals surface area contributed by atoms with Crippen molar-refractivity contribution in [2.24, 2.45) is 5.92 Å². The van der Waals surface area contributed by atoms with Gasteiger partial charge in [-0.05, 0) is 65.1 Å². The molecule has 0 aliphatic carbocycles. The number of amides is 1. The highest BCUT2D eigenvalue weighted by molar-refractivity contribution is 5.94. The first-order chi connectivity index (χ1) is 14.2. The van der Waals surface area contributed by atoms with Gasteiger partial charge in [0.05, 0.1) is 5.69 Å². The topological polar surface area (TPSA) is 75.9 Å². The first-order valence-corrected chi connectivity index (χ1v) is 10.1. The van der Waals surface area contributed by atoms with E-state index in [0.717, 1.165) is 23.7 Å². The van der Waals surface area contributed by atoms with E-state index in [1.54, 1.807) is 12.1 Å². The van der Waals surface area contributed by atoms with Crippen LogP contribution in [0.4, 0.5) is 0 Å². The second-order valence-corrected chi connectivity index (χ2v) is 7.79. The third-order valence-corrected chi connectivity index (χ3v) is 5.35. The lowest BCUT2D eigenvalue weighted by molar-refractivity contribution is 0.0951. The Morgan fingerprint density at radius 1 is 1.17 bits per heavy atom. The van der Waals surface area contributed by atoms with E-state index < -0.39 is 0 Å². The molecule has 1 saturated heterocycles. The van der Waals surface area contributed by atoms with Crippen molar-refractivity contribution in [3.63, 3.8) is 0 Å². The number of hydrogen-bond acceptors (Lipinski definition) is 5. The number of nitrogens with one attached hydrogen (secondary N) is 1. The molecule has 3 aromatic rings. The monoisotopic (exact) mass is 390 g/mol. The van der Waals surface area contributed by atoms with Crippen LogP contribution in [0.15, 0.2) is 54.9 Å². The van der Waals surface area contributed by atoms with Crippen LogP contribution in [-0.4, -0.2) is 44.1 Å². The van der Waals surface area contributed by atoms with E-state index in [2.05, 4.69) is 56.9 Å². The summed E-state index contributed by atoms with van der Waals surface area (Å²) in [7, 11) is 0. The molecule has 1 fully saturated rings. The lowest BCUT2D eigenvalue weighted by atomic mass is 9.99. The molecule has 2 heterocycles. The number of carbonyl (C=O) groups is 1. The largest absolute Gasteiger partial charge is 0.348 e. The Bertz CT molecular complexity index is 938. The van der Waals surface area contributed by atoms with Crippen molar-refractivity contribution in [3.8, 4) is 5.69 Å². The number of nitrogens with zero attached hydrogens (tertiary/aromatic N) is 5. The summed E-state index contributed by atoms with van der Waals surface area (Å²) in [6.07, 6.45) is 4.14. The number of hydrogen-bond donors (Lipinski definition) is 1. The average molecular weight is 390 g/mol. The Kier molecular flexibility index (Phi) is 5.95. The maximum absolute atomic E-state index is 12.5. The number of tetrazole rings is 1. The van der Waals surface area contributed by atoms with Gasteiger partial charge in [0.25, 0.3) is 5.91 Å². The van der Waals surface area contributed by atoms with Crippen molar-refractivity contribution in [1.29, 1.82) is 0 Å². The van der Waals surface area contributed by atoms with Gasteiger partial charge in [0.2, 0.25) is 0 Å². The van der Waals surface area contributed by atoms with Gasteiger partial charge in [0.1, 0.15) is 6.33 Å². The van der Waals surface area contributed by atoms with Crippen LogP contribution in [0.5, 0.6) is 0 Å². The van der Waals surface area contributed by atoms with Gasteiger partial charge in [-0.25, -0.2) is 4.68 Å². The molecule has 7 heteroatoms. The molecule has 0 bridgehead atoms. The molecule has 1 unspecified atom stereocenters. The van der Waals surface area contributed by atoms with Crippen molar-refractivity contribution < 1.29 is 4.79 Å². The van der Waals surface area contributed by atoms with Crippen molar-refractivity contribution in [3.05, 3.63) is 71.5 Å². The fourth-order valence-corrected chi connectivity index (χ4v) is 3.80. The lowest BCUT2D eigenvalue weighted by Gasteiger charge is -2.30. The molecule has 4 rings (SSSR count). The molecule has 0 saturated carbocycles. The summed E-state index contributed by atoms with van der Waals surface area (Å²) in [4.78, 5) is 15.1. The highest BCUT2D eigenvalue weighted by atomic mass is 16.1. The van der Waals surface area contributed by atoms with Gasteiger partial charge < -0.3 is 5.32 Å². The molecule has 2 aromatic carbocycles. The van der Waals surface area contributed by atoms with Crippen LogP contribution in [0.25, 0.3) is 5.69 Å². The smallest absolute Gasteiger partial charge is 0.251 e. The van der Waals surface area contributed by atoms with Gasteiger partial charge in [-0.2, -0.15) is 0 Å². The molecule has 1 aliphatic heterocycles.